The Morgan fingerprint density at radius 2 is 1.35 bits per heavy atom. The minimum Gasteiger partial charge on any atom is -0.478 e. The molecule has 1 N–H and O–H groups in total. The maximum absolute atomic E-state index is 13.2. The first-order valence-corrected chi connectivity index (χ1v) is 6.13. The molecule has 2 aromatic rings. The monoisotopic (exact) mass is 334 g/mol. The Morgan fingerprint density at radius 1 is 0.783 bits per heavy atom. The number of alkyl halides is 6. The molecule has 0 heterocycles. The van der Waals surface area contributed by atoms with Gasteiger partial charge in [0.25, 0.3) is 0 Å². The van der Waals surface area contributed by atoms with Crippen LogP contribution >= 0.6 is 0 Å². The molecule has 0 saturated heterocycles. The van der Waals surface area contributed by atoms with Crippen LogP contribution in [-0.4, -0.2) is 11.1 Å². The van der Waals surface area contributed by atoms with E-state index >= 15 is 0 Å². The molecule has 0 aromatic heterocycles. The maximum atomic E-state index is 13.2. The number of aromatic carboxylic acids is 1. The SMILES string of the molecule is O=C(O)c1cccc(-c2ccccc2C(F)(F)F)c1C(F)(F)F. The second kappa shape index (κ2) is 5.60. The van der Waals surface area contributed by atoms with Crippen LogP contribution < -0.4 is 0 Å². The second-order valence-electron chi connectivity index (χ2n) is 4.57. The molecule has 2 rings (SSSR count). The Kier molecular flexibility index (Phi) is 4.10. The van der Waals surface area contributed by atoms with Gasteiger partial charge in [-0.1, -0.05) is 30.3 Å². The lowest BCUT2D eigenvalue weighted by atomic mass is 9.91. The van der Waals surface area contributed by atoms with Crippen LogP contribution in [0.3, 0.4) is 0 Å². The Balaban J connectivity index is 2.86. The molecule has 0 aliphatic carbocycles. The van der Waals surface area contributed by atoms with Crippen molar-refractivity contribution in [3.05, 3.63) is 59.2 Å². The summed E-state index contributed by atoms with van der Waals surface area (Å²) in [7, 11) is 0. The number of carbonyl (C=O) groups is 1. The summed E-state index contributed by atoms with van der Waals surface area (Å²) in [6.45, 7) is 0. The molecular formula is C15H8F6O2. The summed E-state index contributed by atoms with van der Waals surface area (Å²) in [4.78, 5) is 11.0. The predicted octanol–water partition coefficient (Wildman–Crippen LogP) is 5.09. The molecule has 0 radical (unpaired) electrons. The normalized spacial score (nSPS) is 12.3. The summed E-state index contributed by atoms with van der Waals surface area (Å²) < 4.78 is 78.8. The number of rotatable bonds is 2. The molecule has 0 aliphatic rings. The van der Waals surface area contributed by atoms with Crippen molar-refractivity contribution in [3.63, 3.8) is 0 Å². The van der Waals surface area contributed by atoms with Gasteiger partial charge in [0.15, 0.2) is 0 Å². The summed E-state index contributed by atoms with van der Waals surface area (Å²) >= 11 is 0. The highest BCUT2D eigenvalue weighted by atomic mass is 19.4. The molecule has 0 amide bonds. The fraction of sp³-hybridized carbons (Fsp3) is 0.133. The first-order chi connectivity index (χ1) is 10.5. The van der Waals surface area contributed by atoms with E-state index in [9.17, 15) is 31.1 Å². The average molecular weight is 334 g/mol. The number of carboxylic acid groups (broad SMARTS) is 1. The Bertz CT molecular complexity index is 746. The maximum Gasteiger partial charge on any atom is 0.417 e. The van der Waals surface area contributed by atoms with Crippen LogP contribution in [-0.2, 0) is 12.4 Å². The number of hydrogen-bond acceptors (Lipinski definition) is 1. The first kappa shape index (κ1) is 16.9. The zero-order valence-corrected chi connectivity index (χ0v) is 11.2. The van der Waals surface area contributed by atoms with Gasteiger partial charge in [-0.2, -0.15) is 26.3 Å². The Morgan fingerprint density at radius 3 is 1.87 bits per heavy atom. The molecule has 0 bridgehead atoms. The van der Waals surface area contributed by atoms with Crippen LogP contribution in [0.25, 0.3) is 11.1 Å². The topological polar surface area (TPSA) is 37.3 Å². The van der Waals surface area contributed by atoms with Crippen LogP contribution in [0.5, 0.6) is 0 Å². The van der Waals surface area contributed by atoms with Crippen LogP contribution in [0.2, 0.25) is 0 Å². The van der Waals surface area contributed by atoms with E-state index in [2.05, 4.69) is 0 Å². The molecule has 2 nitrogen and oxygen atoms in total. The average Bonchev–Trinajstić information content (AvgIpc) is 2.44. The van der Waals surface area contributed by atoms with Gasteiger partial charge in [0.2, 0.25) is 0 Å². The zero-order chi connectivity index (χ0) is 17.4. The Hall–Kier alpha value is -2.51. The first-order valence-electron chi connectivity index (χ1n) is 6.13. The van der Waals surface area contributed by atoms with Crippen molar-refractivity contribution in [1.82, 2.24) is 0 Å². The van der Waals surface area contributed by atoms with E-state index in [1.54, 1.807) is 0 Å². The lowest BCUT2D eigenvalue weighted by Crippen LogP contribution is -2.16. The third-order valence-corrected chi connectivity index (χ3v) is 3.10. The molecule has 8 heteroatoms. The van der Waals surface area contributed by atoms with Crippen molar-refractivity contribution in [2.75, 3.05) is 0 Å². The van der Waals surface area contributed by atoms with E-state index in [-0.39, 0.29) is 0 Å². The molecular weight excluding hydrogens is 326 g/mol. The smallest absolute Gasteiger partial charge is 0.417 e. The molecule has 0 unspecified atom stereocenters. The molecule has 23 heavy (non-hydrogen) atoms. The van der Waals surface area contributed by atoms with Crippen molar-refractivity contribution in [2.24, 2.45) is 0 Å². The summed E-state index contributed by atoms with van der Waals surface area (Å²) in [6.07, 6.45) is -10.00. The van der Waals surface area contributed by atoms with Crippen molar-refractivity contribution in [1.29, 1.82) is 0 Å². The molecule has 0 spiro atoms. The van der Waals surface area contributed by atoms with Crippen molar-refractivity contribution < 1.29 is 36.2 Å². The fourth-order valence-corrected chi connectivity index (χ4v) is 2.23. The van der Waals surface area contributed by atoms with Gasteiger partial charge in [-0.3, -0.25) is 0 Å². The van der Waals surface area contributed by atoms with Gasteiger partial charge in [-0.15, -0.1) is 0 Å². The van der Waals surface area contributed by atoms with E-state index in [1.165, 1.54) is 0 Å². The largest absolute Gasteiger partial charge is 0.478 e. The van der Waals surface area contributed by atoms with Crippen LogP contribution in [0, 0.1) is 0 Å². The van der Waals surface area contributed by atoms with Crippen molar-refractivity contribution in [3.8, 4) is 11.1 Å². The standard InChI is InChI=1S/C15H8F6O2/c16-14(17,18)11-7-2-1-4-8(11)9-5-3-6-10(13(22)23)12(9)15(19,20)21/h1-7H,(H,22,23). The van der Waals surface area contributed by atoms with E-state index in [1.807, 2.05) is 0 Å². The van der Waals surface area contributed by atoms with Gasteiger partial charge in [0, 0.05) is 0 Å². The quantitative estimate of drug-likeness (QED) is 0.777. The highest BCUT2D eigenvalue weighted by Crippen LogP contribution is 2.43. The van der Waals surface area contributed by atoms with E-state index in [4.69, 9.17) is 5.11 Å². The van der Waals surface area contributed by atoms with Gasteiger partial charge in [0.05, 0.1) is 16.7 Å². The highest BCUT2D eigenvalue weighted by molar-refractivity contribution is 5.93. The van der Waals surface area contributed by atoms with Crippen molar-refractivity contribution >= 4 is 5.97 Å². The molecule has 0 atom stereocenters. The third-order valence-electron chi connectivity index (χ3n) is 3.10. The lowest BCUT2D eigenvalue weighted by Gasteiger charge is -2.18. The van der Waals surface area contributed by atoms with Crippen LogP contribution in [0.15, 0.2) is 42.5 Å². The van der Waals surface area contributed by atoms with Gasteiger partial charge in [-0.25, -0.2) is 4.79 Å². The van der Waals surface area contributed by atoms with E-state index < -0.39 is 46.1 Å². The lowest BCUT2D eigenvalue weighted by molar-refractivity contribution is -0.139. The molecule has 2 aromatic carbocycles. The summed E-state index contributed by atoms with van der Waals surface area (Å²) in [5, 5.41) is 8.91. The molecule has 122 valence electrons. The molecule has 0 fully saturated rings. The van der Waals surface area contributed by atoms with Gasteiger partial charge in [-0.05, 0) is 23.3 Å². The summed E-state index contributed by atoms with van der Waals surface area (Å²) in [5.74, 6) is -1.87. The van der Waals surface area contributed by atoms with E-state index in [0.717, 1.165) is 30.3 Å². The zero-order valence-electron chi connectivity index (χ0n) is 11.2. The number of halogens is 6. The number of carboxylic acids is 1. The predicted molar refractivity (Wildman–Crippen MR) is 68.8 cm³/mol. The fourth-order valence-electron chi connectivity index (χ4n) is 2.23. The third kappa shape index (κ3) is 3.30. The van der Waals surface area contributed by atoms with Crippen LogP contribution in [0.4, 0.5) is 26.3 Å². The number of hydrogen-bond donors (Lipinski definition) is 1. The minimum absolute atomic E-state index is 0.642. The summed E-state index contributed by atoms with van der Waals surface area (Å²) in [6, 6.07) is 6.20. The van der Waals surface area contributed by atoms with E-state index in [0.29, 0.717) is 12.1 Å². The molecule has 0 saturated carbocycles. The van der Waals surface area contributed by atoms with Crippen LogP contribution in [0.1, 0.15) is 21.5 Å². The second-order valence-corrected chi connectivity index (χ2v) is 4.57. The van der Waals surface area contributed by atoms with Crippen molar-refractivity contribution in [2.45, 2.75) is 12.4 Å². The van der Waals surface area contributed by atoms with Gasteiger partial charge >= 0.3 is 18.3 Å². The summed E-state index contributed by atoms with van der Waals surface area (Å²) in [5.41, 5.74) is -5.54. The Labute approximate surface area is 126 Å². The van der Waals surface area contributed by atoms with Gasteiger partial charge < -0.3 is 5.11 Å². The highest BCUT2D eigenvalue weighted by Gasteiger charge is 2.40. The van der Waals surface area contributed by atoms with Gasteiger partial charge in [0.1, 0.15) is 0 Å². The minimum atomic E-state index is -5.12. The molecule has 0 aliphatic heterocycles. The number of benzene rings is 2.